The van der Waals surface area contributed by atoms with E-state index in [1.54, 1.807) is 0 Å². The van der Waals surface area contributed by atoms with Gasteiger partial charge in [-0.05, 0) is 31.2 Å². The molecular weight excluding hydrogens is 214 g/mol. The molecule has 3 nitrogen and oxygen atoms in total. The first-order chi connectivity index (χ1) is 8.13. The second-order valence-corrected chi connectivity index (χ2v) is 5.55. The molecule has 1 aliphatic carbocycles. The van der Waals surface area contributed by atoms with E-state index in [4.69, 9.17) is 4.74 Å². The topological polar surface area (TPSA) is 38.3 Å². The summed E-state index contributed by atoms with van der Waals surface area (Å²) in [5.41, 5.74) is 0. The Hall–Kier alpha value is -0.570. The molecule has 0 aliphatic heterocycles. The van der Waals surface area contributed by atoms with Crippen LogP contribution in [0.15, 0.2) is 0 Å². The normalized spacial score (nSPS) is 26.5. The number of nitrogens with one attached hydrogen (secondary N) is 1. The summed E-state index contributed by atoms with van der Waals surface area (Å²) in [6.07, 6.45) is 6.82. The van der Waals surface area contributed by atoms with Gasteiger partial charge in [0.2, 0.25) is 0 Å². The molecule has 17 heavy (non-hydrogen) atoms. The third-order valence-electron chi connectivity index (χ3n) is 3.83. The van der Waals surface area contributed by atoms with Crippen LogP contribution < -0.4 is 5.32 Å². The molecular formula is C14H27NO2. The molecule has 0 radical (unpaired) electrons. The molecule has 100 valence electrons. The van der Waals surface area contributed by atoms with Crippen molar-refractivity contribution in [2.24, 2.45) is 17.8 Å². The quantitative estimate of drug-likeness (QED) is 0.574. The van der Waals surface area contributed by atoms with Gasteiger partial charge in [0.1, 0.15) is 0 Å². The standard InChI is InChI=1S/C14H27NO2/c1-11-5-4-6-13(9-11)7-8-15-10-12(2)14(16)17-3/h11-13,15H,4-10H2,1-3H3. The SMILES string of the molecule is COC(=O)C(C)CNCCC1CCCC(C)C1. The molecule has 3 heteroatoms. The molecule has 1 saturated carbocycles. The summed E-state index contributed by atoms with van der Waals surface area (Å²) in [5, 5.41) is 3.36. The molecule has 0 bridgehead atoms. The van der Waals surface area contributed by atoms with E-state index in [-0.39, 0.29) is 11.9 Å². The summed E-state index contributed by atoms with van der Waals surface area (Å²) in [4.78, 5) is 11.2. The van der Waals surface area contributed by atoms with Gasteiger partial charge in [-0.3, -0.25) is 4.79 Å². The number of hydrogen-bond donors (Lipinski definition) is 1. The Kier molecular flexibility index (Phi) is 6.56. The number of methoxy groups -OCH3 is 1. The van der Waals surface area contributed by atoms with Gasteiger partial charge in [-0.1, -0.05) is 33.1 Å². The van der Waals surface area contributed by atoms with E-state index in [1.165, 1.54) is 39.2 Å². The van der Waals surface area contributed by atoms with Crippen LogP contribution in [0.3, 0.4) is 0 Å². The molecule has 0 aromatic carbocycles. The lowest BCUT2D eigenvalue weighted by Gasteiger charge is -2.26. The van der Waals surface area contributed by atoms with Crippen molar-refractivity contribution in [3.05, 3.63) is 0 Å². The summed E-state index contributed by atoms with van der Waals surface area (Å²) in [6.45, 7) is 6.02. The van der Waals surface area contributed by atoms with Gasteiger partial charge in [-0.15, -0.1) is 0 Å². The number of carbonyl (C=O) groups excluding carboxylic acids is 1. The zero-order valence-electron chi connectivity index (χ0n) is 11.5. The molecule has 0 spiro atoms. The smallest absolute Gasteiger partial charge is 0.309 e. The van der Waals surface area contributed by atoms with Gasteiger partial charge in [0.25, 0.3) is 0 Å². The molecule has 1 fully saturated rings. The van der Waals surface area contributed by atoms with Gasteiger partial charge >= 0.3 is 5.97 Å². The van der Waals surface area contributed by atoms with Crippen molar-refractivity contribution in [2.45, 2.75) is 46.0 Å². The summed E-state index contributed by atoms with van der Waals surface area (Å²) in [5.74, 6) is 1.64. The average molecular weight is 241 g/mol. The van der Waals surface area contributed by atoms with E-state index < -0.39 is 0 Å². The predicted octanol–water partition coefficient (Wildman–Crippen LogP) is 2.60. The lowest BCUT2D eigenvalue weighted by atomic mass is 9.81. The van der Waals surface area contributed by atoms with Gasteiger partial charge in [0.05, 0.1) is 13.0 Å². The molecule has 1 rings (SSSR count). The van der Waals surface area contributed by atoms with E-state index in [0.29, 0.717) is 0 Å². The fourth-order valence-electron chi connectivity index (χ4n) is 2.73. The molecule has 1 N–H and O–H groups in total. The van der Waals surface area contributed by atoms with E-state index in [9.17, 15) is 4.79 Å². The molecule has 3 atom stereocenters. The monoisotopic (exact) mass is 241 g/mol. The zero-order chi connectivity index (χ0) is 12.7. The number of hydrogen-bond acceptors (Lipinski definition) is 3. The molecule has 0 aromatic rings. The van der Waals surface area contributed by atoms with Crippen LogP contribution in [0.25, 0.3) is 0 Å². The van der Waals surface area contributed by atoms with Crippen molar-refractivity contribution in [2.75, 3.05) is 20.2 Å². The molecule has 0 amide bonds. The number of rotatable bonds is 6. The van der Waals surface area contributed by atoms with E-state index in [0.717, 1.165) is 24.9 Å². The van der Waals surface area contributed by atoms with Crippen molar-refractivity contribution in [1.29, 1.82) is 0 Å². The first-order valence-corrected chi connectivity index (χ1v) is 6.92. The predicted molar refractivity (Wildman–Crippen MR) is 69.8 cm³/mol. The van der Waals surface area contributed by atoms with Gasteiger partial charge < -0.3 is 10.1 Å². The summed E-state index contributed by atoms with van der Waals surface area (Å²) in [6, 6.07) is 0. The minimum absolute atomic E-state index is 0.0368. The van der Waals surface area contributed by atoms with Crippen LogP contribution in [0.1, 0.15) is 46.0 Å². The Morgan fingerprint density at radius 1 is 1.47 bits per heavy atom. The number of carbonyl (C=O) groups is 1. The van der Waals surface area contributed by atoms with Gasteiger partial charge in [0, 0.05) is 6.54 Å². The van der Waals surface area contributed by atoms with Crippen molar-refractivity contribution >= 4 is 5.97 Å². The van der Waals surface area contributed by atoms with Crippen LogP contribution in [0.5, 0.6) is 0 Å². The number of esters is 1. The Bertz CT molecular complexity index is 230. The van der Waals surface area contributed by atoms with Crippen LogP contribution in [-0.4, -0.2) is 26.2 Å². The second kappa shape index (κ2) is 7.70. The van der Waals surface area contributed by atoms with E-state index in [1.807, 2.05) is 6.92 Å². The minimum atomic E-state index is -0.121. The summed E-state index contributed by atoms with van der Waals surface area (Å²) >= 11 is 0. The Balaban J connectivity index is 2.05. The van der Waals surface area contributed by atoms with Crippen LogP contribution in [0.2, 0.25) is 0 Å². The lowest BCUT2D eigenvalue weighted by Crippen LogP contribution is -2.29. The third kappa shape index (κ3) is 5.53. The van der Waals surface area contributed by atoms with Crippen molar-refractivity contribution < 1.29 is 9.53 Å². The summed E-state index contributed by atoms with van der Waals surface area (Å²) in [7, 11) is 1.45. The van der Waals surface area contributed by atoms with E-state index >= 15 is 0 Å². The zero-order valence-corrected chi connectivity index (χ0v) is 11.5. The van der Waals surface area contributed by atoms with Crippen LogP contribution in [0, 0.1) is 17.8 Å². The van der Waals surface area contributed by atoms with Gasteiger partial charge in [0.15, 0.2) is 0 Å². The molecule has 0 heterocycles. The third-order valence-corrected chi connectivity index (χ3v) is 3.83. The summed E-state index contributed by atoms with van der Waals surface area (Å²) < 4.78 is 4.69. The van der Waals surface area contributed by atoms with Crippen molar-refractivity contribution in [3.63, 3.8) is 0 Å². The largest absolute Gasteiger partial charge is 0.469 e. The molecule has 3 unspecified atom stereocenters. The highest BCUT2D eigenvalue weighted by Crippen LogP contribution is 2.30. The maximum Gasteiger partial charge on any atom is 0.309 e. The minimum Gasteiger partial charge on any atom is -0.469 e. The lowest BCUT2D eigenvalue weighted by molar-refractivity contribution is -0.144. The van der Waals surface area contributed by atoms with Crippen LogP contribution in [0.4, 0.5) is 0 Å². The van der Waals surface area contributed by atoms with Crippen molar-refractivity contribution in [1.82, 2.24) is 5.32 Å². The fourth-order valence-corrected chi connectivity index (χ4v) is 2.73. The van der Waals surface area contributed by atoms with Crippen LogP contribution >= 0.6 is 0 Å². The highest BCUT2D eigenvalue weighted by Gasteiger charge is 2.18. The fraction of sp³-hybridized carbons (Fsp3) is 0.929. The maximum absolute atomic E-state index is 11.2. The van der Waals surface area contributed by atoms with E-state index in [2.05, 4.69) is 12.2 Å². The maximum atomic E-state index is 11.2. The Morgan fingerprint density at radius 2 is 2.24 bits per heavy atom. The first kappa shape index (κ1) is 14.5. The second-order valence-electron chi connectivity index (χ2n) is 5.55. The number of ether oxygens (including phenoxy) is 1. The Labute approximate surface area is 105 Å². The van der Waals surface area contributed by atoms with Gasteiger partial charge in [-0.25, -0.2) is 0 Å². The van der Waals surface area contributed by atoms with Gasteiger partial charge in [-0.2, -0.15) is 0 Å². The molecule has 0 saturated heterocycles. The molecule has 0 aromatic heterocycles. The Morgan fingerprint density at radius 3 is 2.88 bits per heavy atom. The highest BCUT2D eigenvalue weighted by molar-refractivity contribution is 5.71. The highest BCUT2D eigenvalue weighted by atomic mass is 16.5. The first-order valence-electron chi connectivity index (χ1n) is 6.92. The molecule has 1 aliphatic rings. The van der Waals surface area contributed by atoms with Crippen molar-refractivity contribution in [3.8, 4) is 0 Å². The van der Waals surface area contributed by atoms with Crippen LogP contribution in [-0.2, 0) is 9.53 Å². The average Bonchev–Trinajstić information content (AvgIpc) is 2.33.